The lowest BCUT2D eigenvalue weighted by Gasteiger charge is -2.30. The quantitative estimate of drug-likeness (QED) is 0.860. The number of hydrogen-bond acceptors (Lipinski definition) is 4. The van der Waals surface area contributed by atoms with E-state index in [2.05, 4.69) is 10.3 Å². The molecule has 0 bridgehead atoms. The fourth-order valence-electron chi connectivity index (χ4n) is 3.63. The van der Waals surface area contributed by atoms with E-state index < -0.39 is 11.7 Å². The lowest BCUT2D eigenvalue weighted by molar-refractivity contribution is -0.138. The minimum absolute atomic E-state index is 0.0243. The summed E-state index contributed by atoms with van der Waals surface area (Å²) in [4.78, 5) is 27.3. The Hall–Kier alpha value is -2.12. The SMILES string of the molecule is O=C1CCC(C(=O)NC2CCC(Oc3ccc(C(F)(F)F)cn3)CC2)CC1. The van der Waals surface area contributed by atoms with Crippen molar-refractivity contribution in [3.8, 4) is 5.88 Å². The number of Topliss-reactive ketones (excluding diaryl/α,β-unsaturated/α-hetero) is 1. The molecule has 1 amide bonds. The molecule has 3 rings (SSSR count). The Morgan fingerprint density at radius 2 is 1.74 bits per heavy atom. The maximum absolute atomic E-state index is 12.5. The first-order valence-corrected chi connectivity index (χ1v) is 9.33. The van der Waals surface area contributed by atoms with Gasteiger partial charge in [-0.1, -0.05) is 0 Å². The number of nitrogens with zero attached hydrogens (tertiary/aromatic N) is 1. The van der Waals surface area contributed by atoms with E-state index in [9.17, 15) is 22.8 Å². The largest absolute Gasteiger partial charge is 0.474 e. The number of ether oxygens (including phenoxy) is 1. The Morgan fingerprint density at radius 1 is 1.07 bits per heavy atom. The average Bonchev–Trinajstić information content (AvgIpc) is 2.63. The molecule has 0 aliphatic heterocycles. The monoisotopic (exact) mass is 384 g/mol. The number of carbonyl (C=O) groups is 2. The standard InChI is InChI=1S/C19H23F3N2O3/c20-19(21,22)13-3-10-17(23-11-13)27-16-8-4-14(5-9-16)24-18(26)12-1-6-15(25)7-2-12/h3,10-12,14,16H,1-2,4-9H2,(H,24,26). The number of rotatable bonds is 4. The Labute approximate surface area is 155 Å². The minimum Gasteiger partial charge on any atom is -0.474 e. The molecule has 2 fully saturated rings. The third-order valence-corrected chi connectivity index (χ3v) is 5.29. The van der Waals surface area contributed by atoms with E-state index in [4.69, 9.17) is 4.74 Å². The van der Waals surface area contributed by atoms with Gasteiger partial charge >= 0.3 is 6.18 Å². The number of ketones is 1. The number of halogens is 3. The van der Waals surface area contributed by atoms with Gasteiger partial charge in [0.05, 0.1) is 5.56 Å². The molecule has 0 unspecified atom stereocenters. The highest BCUT2D eigenvalue weighted by Gasteiger charge is 2.31. The lowest BCUT2D eigenvalue weighted by atomic mass is 9.86. The molecule has 1 aromatic rings. The van der Waals surface area contributed by atoms with Crippen LogP contribution >= 0.6 is 0 Å². The molecule has 1 aromatic heterocycles. The van der Waals surface area contributed by atoms with Crippen LogP contribution in [0.5, 0.6) is 5.88 Å². The van der Waals surface area contributed by atoms with Crippen molar-refractivity contribution >= 4 is 11.7 Å². The van der Waals surface area contributed by atoms with Gasteiger partial charge in [0.15, 0.2) is 0 Å². The van der Waals surface area contributed by atoms with Crippen LogP contribution in [0.15, 0.2) is 18.3 Å². The Morgan fingerprint density at radius 3 is 2.30 bits per heavy atom. The summed E-state index contributed by atoms with van der Waals surface area (Å²) in [5, 5.41) is 3.07. The summed E-state index contributed by atoms with van der Waals surface area (Å²) < 4.78 is 43.3. The molecule has 2 saturated carbocycles. The molecule has 0 atom stereocenters. The second kappa shape index (κ2) is 8.27. The zero-order chi connectivity index (χ0) is 19.4. The number of hydrogen-bond donors (Lipinski definition) is 1. The fraction of sp³-hybridized carbons (Fsp3) is 0.632. The van der Waals surface area contributed by atoms with E-state index in [1.54, 1.807) is 0 Å². The number of carbonyl (C=O) groups excluding carboxylic acids is 2. The highest BCUT2D eigenvalue weighted by Crippen LogP contribution is 2.30. The van der Waals surface area contributed by atoms with Crippen LogP contribution in [0, 0.1) is 5.92 Å². The van der Waals surface area contributed by atoms with Crippen molar-refractivity contribution in [1.82, 2.24) is 10.3 Å². The van der Waals surface area contributed by atoms with E-state index in [0.29, 0.717) is 38.5 Å². The number of aromatic nitrogens is 1. The highest BCUT2D eigenvalue weighted by molar-refractivity contribution is 5.84. The molecule has 0 saturated heterocycles. The van der Waals surface area contributed by atoms with E-state index in [-0.39, 0.29) is 35.6 Å². The van der Waals surface area contributed by atoms with Gasteiger partial charge in [-0.15, -0.1) is 0 Å². The van der Waals surface area contributed by atoms with Crippen LogP contribution in [-0.4, -0.2) is 28.8 Å². The van der Waals surface area contributed by atoms with Crippen LogP contribution in [0.3, 0.4) is 0 Å². The summed E-state index contributed by atoms with van der Waals surface area (Å²) in [5.41, 5.74) is -0.800. The smallest absolute Gasteiger partial charge is 0.417 e. The molecule has 27 heavy (non-hydrogen) atoms. The van der Waals surface area contributed by atoms with Crippen LogP contribution in [0.25, 0.3) is 0 Å². The second-order valence-electron chi connectivity index (χ2n) is 7.30. The molecule has 148 valence electrons. The molecule has 0 spiro atoms. The van der Waals surface area contributed by atoms with Gasteiger partial charge in [-0.2, -0.15) is 13.2 Å². The highest BCUT2D eigenvalue weighted by atomic mass is 19.4. The first kappa shape index (κ1) is 19.6. The summed E-state index contributed by atoms with van der Waals surface area (Å²) in [6.45, 7) is 0. The normalized spacial score (nSPS) is 24.5. The number of amides is 1. The van der Waals surface area contributed by atoms with Gasteiger partial charge in [0.1, 0.15) is 11.9 Å². The Kier molecular flexibility index (Phi) is 6.01. The summed E-state index contributed by atoms with van der Waals surface area (Å²) in [7, 11) is 0. The van der Waals surface area contributed by atoms with Crippen molar-refractivity contribution in [2.45, 2.75) is 69.7 Å². The second-order valence-corrected chi connectivity index (χ2v) is 7.30. The van der Waals surface area contributed by atoms with Crippen molar-refractivity contribution in [1.29, 1.82) is 0 Å². The molecular weight excluding hydrogens is 361 g/mol. The third-order valence-electron chi connectivity index (χ3n) is 5.29. The van der Waals surface area contributed by atoms with Gasteiger partial charge in [-0.25, -0.2) is 4.98 Å². The molecule has 0 aromatic carbocycles. The number of pyridine rings is 1. The molecule has 5 nitrogen and oxygen atoms in total. The summed E-state index contributed by atoms with van der Waals surface area (Å²) in [5.74, 6) is 0.361. The van der Waals surface area contributed by atoms with E-state index in [1.807, 2.05) is 0 Å². The average molecular weight is 384 g/mol. The predicted molar refractivity (Wildman–Crippen MR) is 91.0 cm³/mol. The molecule has 2 aliphatic rings. The third kappa shape index (κ3) is 5.43. The Balaban J connectivity index is 1.42. The number of alkyl halides is 3. The van der Waals surface area contributed by atoms with Gasteiger partial charge < -0.3 is 10.1 Å². The van der Waals surface area contributed by atoms with Gasteiger partial charge in [0.2, 0.25) is 11.8 Å². The first-order chi connectivity index (χ1) is 12.8. The fourth-order valence-corrected chi connectivity index (χ4v) is 3.63. The van der Waals surface area contributed by atoms with Crippen LogP contribution in [0.1, 0.15) is 56.9 Å². The lowest BCUT2D eigenvalue weighted by Crippen LogP contribution is -2.43. The van der Waals surface area contributed by atoms with Crippen LogP contribution in [0.4, 0.5) is 13.2 Å². The molecule has 2 aliphatic carbocycles. The summed E-state index contributed by atoms with van der Waals surface area (Å²) in [6, 6.07) is 2.28. The molecular formula is C19H23F3N2O3. The van der Waals surface area contributed by atoms with Gasteiger partial charge in [-0.3, -0.25) is 9.59 Å². The van der Waals surface area contributed by atoms with E-state index >= 15 is 0 Å². The van der Waals surface area contributed by atoms with Crippen molar-refractivity contribution < 1.29 is 27.5 Å². The zero-order valence-electron chi connectivity index (χ0n) is 14.9. The minimum atomic E-state index is -4.41. The number of nitrogens with one attached hydrogen (secondary N) is 1. The van der Waals surface area contributed by atoms with Gasteiger partial charge in [0.25, 0.3) is 0 Å². The topological polar surface area (TPSA) is 68.3 Å². The van der Waals surface area contributed by atoms with Crippen LogP contribution < -0.4 is 10.1 Å². The molecule has 0 radical (unpaired) electrons. The van der Waals surface area contributed by atoms with Crippen molar-refractivity contribution in [3.63, 3.8) is 0 Å². The van der Waals surface area contributed by atoms with Crippen molar-refractivity contribution in [3.05, 3.63) is 23.9 Å². The van der Waals surface area contributed by atoms with Crippen LogP contribution in [-0.2, 0) is 15.8 Å². The molecule has 8 heteroatoms. The Bertz CT molecular complexity index is 658. The molecule has 1 N–H and O–H groups in total. The van der Waals surface area contributed by atoms with Crippen molar-refractivity contribution in [2.24, 2.45) is 5.92 Å². The summed E-state index contributed by atoms with van der Waals surface area (Å²) in [6.07, 6.45) is 1.39. The maximum atomic E-state index is 12.5. The summed E-state index contributed by atoms with van der Waals surface area (Å²) >= 11 is 0. The first-order valence-electron chi connectivity index (χ1n) is 9.33. The molecule has 1 heterocycles. The predicted octanol–water partition coefficient (Wildman–Crippen LogP) is 3.67. The van der Waals surface area contributed by atoms with Gasteiger partial charge in [-0.05, 0) is 44.6 Å². The maximum Gasteiger partial charge on any atom is 0.417 e. The van der Waals surface area contributed by atoms with Gasteiger partial charge in [0, 0.05) is 37.1 Å². The van der Waals surface area contributed by atoms with Crippen molar-refractivity contribution in [2.75, 3.05) is 0 Å². The van der Waals surface area contributed by atoms with E-state index in [1.165, 1.54) is 6.07 Å². The zero-order valence-corrected chi connectivity index (χ0v) is 14.9. The van der Waals surface area contributed by atoms with Crippen LogP contribution in [0.2, 0.25) is 0 Å². The van der Waals surface area contributed by atoms with E-state index in [0.717, 1.165) is 25.1 Å².